The number of ether oxygens (including phenoxy) is 2. The predicted octanol–water partition coefficient (Wildman–Crippen LogP) is 3.32. The number of amides is 1. The molecule has 0 unspecified atom stereocenters. The zero-order valence-electron chi connectivity index (χ0n) is 15.9. The maximum atomic E-state index is 12.3. The SMILES string of the molecule is COc1cc(-c2ncc3c(n2)CCN(C(=O)OC(C)(C)C)C3)ccc1C#N. The molecule has 1 aromatic carbocycles. The summed E-state index contributed by atoms with van der Waals surface area (Å²) in [4.78, 5) is 23.0. The Balaban J connectivity index is 1.82. The maximum Gasteiger partial charge on any atom is 0.410 e. The lowest BCUT2D eigenvalue weighted by molar-refractivity contribution is 0.0222. The van der Waals surface area contributed by atoms with Crippen molar-refractivity contribution in [3.63, 3.8) is 0 Å². The number of nitrogens with zero attached hydrogens (tertiary/aromatic N) is 4. The molecule has 0 saturated carbocycles. The molecule has 0 radical (unpaired) electrons. The molecule has 2 heterocycles. The summed E-state index contributed by atoms with van der Waals surface area (Å²) in [6, 6.07) is 7.35. The zero-order chi connectivity index (χ0) is 19.6. The Hall–Kier alpha value is -3.14. The van der Waals surface area contributed by atoms with Crippen LogP contribution in [0.4, 0.5) is 4.79 Å². The number of benzene rings is 1. The number of nitriles is 1. The van der Waals surface area contributed by atoms with E-state index in [-0.39, 0.29) is 6.09 Å². The molecule has 1 aromatic heterocycles. The summed E-state index contributed by atoms with van der Waals surface area (Å²) >= 11 is 0. The van der Waals surface area contributed by atoms with Crippen LogP contribution in [0.1, 0.15) is 37.6 Å². The summed E-state index contributed by atoms with van der Waals surface area (Å²) in [7, 11) is 1.53. The van der Waals surface area contributed by atoms with Crippen molar-refractivity contribution in [2.75, 3.05) is 13.7 Å². The fourth-order valence-electron chi connectivity index (χ4n) is 2.86. The number of fused-ring (bicyclic) bond motifs is 1. The molecule has 0 saturated heterocycles. The van der Waals surface area contributed by atoms with E-state index in [1.807, 2.05) is 20.8 Å². The van der Waals surface area contributed by atoms with E-state index in [4.69, 9.17) is 14.7 Å². The van der Waals surface area contributed by atoms with Gasteiger partial charge in [-0.05, 0) is 39.0 Å². The maximum absolute atomic E-state index is 12.3. The average molecular weight is 366 g/mol. The number of aromatic nitrogens is 2. The van der Waals surface area contributed by atoms with Crippen molar-refractivity contribution in [3.8, 4) is 23.2 Å². The van der Waals surface area contributed by atoms with Crippen LogP contribution in [0, 0.1) is 11.3 Å². The van der Waals surface area contributed by atoms with Gasteiger partial charge in [0.05, 0.1) is 24.9 Å². The highest BCUT2D eigenvalue weighted by atomic mass is 16.6. The molecule has 0 bridgehead atoms. The van der Waals surface area contributed by atoms with Crippen LogP contribution in [-0.2, 0) is 17.7 Å². The zero-order valence-corrected chi connectivity index (χ0v) is 15.9. The molecule has 2 aromatic rings. The van der Waals surface area contributed by atoms with Crippen molar-refractivity contribution in [2.45, 2.75) is 39.3 Å². The molecule has 0 aliphatic carbocycles. The number of carbonyl (C=O) groups excluding carboxylic acids is 1. The minimum atomic E-state index is -0.521. The summed E-state index contributed by atoms with van der Waals surface area (Å²) in [6.07, 6.45) is 2.06. The number of methoxy groups -OCH3 is 1. The van der Waals surface area contributed by atoms with Crippen LogP contribution in [-0.4, -0.2) is 40.2 Å². The number of hydrogen-bond donors (Lipinski definition) is 0. The molecule has 27 heavy (non-hydrogen) atoms. The van der Waals surface area contributed by atoms with Crippen molar-refractivity contribution in [1.29, 1.82) is 5.26 Å². The highest BCUT2D eigenvalue weighted by molar-refractivity contribution is 5.68. The van der Waals surface area contributed by atoms with E-state index < -0.39 is 5.60 Å². The Labute approximate surface area is 158 Å². The normalized spacial score (nSPS) is 13.5. The van der Waals surface area contributed by atoms with Gasteiger partial charge in [0.1, 0.15) is 17.4 Å². The van der Waals surface area contributed by atoms with Gasteiger partial charge in [0.15, 0.2) is 5.82 Å². The van der Waals surface area contributed by atoms with Gasteiger partial charge in [-0.1, -0.05) is 0 Å². The van der Waals surface area contributed by atoms with E-state index in [1.165, 1.54) is 7.11 Å². The van der Waals surface area contributed by atoms with E-state index >= 15 is 0 Å². The highest BCUT2D eigenvalue weighted by Crippen LogP contribution is 2.26. The Bertz CT molecular complexity index is 912. The molecular weight excluding hydrogens is 344 g/mol. The van der Waals surface area contributed by atoms with Gasteiger partial charge in [0.2, 0.25) is 0 Å². The van der Waals surface area contributed by atoms with Gasteiger partial charge in [-0.15, -0.1) is 0 Å². The van der Waals surface area contributed by atoms with Crippen molar-refractivity contribution in [2.24, 2.45) is 0 Å². The molecule has 1 aliphatic rings. The van der Waals surface area contributed by atoms with Gasteiger partial charge in [-0.2, -0.15) is 5.26 Å². The second-order valence-corrected chi connectivity index (χ2v) is 7.34. The van der Waals surface area contributed by atoms with E-state index in [0.29, 0.717) is 36.6 Å². The summed E-state index contributed by atoms with van der Waals surface area (Å²) in [5, 5.41) is 9.11. The number of carbonyl (C=O) groups is 1. The van der Waals surface area contributed by atoms with Crippen LogP contribution in [0.25, 0.3) is 11.4 Å². The Kier molecular flexibility index (Phi) is 5.00. The van der Waals surface area contributed by atoms with E-state index in [9.17, 15) is 4.79 Å². The second-order valence-electron chi connectivity index (χ2n) is 7.34. The van der Waals surface area contributed by atoms with Gasteiger partial charge in [-0.3, -0.25) is 0 Å². The second kappa shape index (κ2) is 7.23. The van der Waals surface area contributed by atoms with Crippen molar-refractivity contribution >= 4 is 6.09 Å². The molecular formula is C20H22N4O3. The van der Waals surface area contributed by atoms with Gasteiger partial charge in [0.25, 0.3) is 0 Å². The van der Waals surface area contributed by atoms with E-state index in [1.54, 1.807) is 29.3 Å². The van der Waals surface area contributed by atoms with E-state index in [2.05, 4.69) is 16.0 Å². The summed E-state index contributed by atoms with van der Waals surface area (Å²) in [5.41, 5.74) is 2.56. The van der Waals surface area contributed by atoms with Crippen molar-refractivity contribution < 1.29 is 14.3 Å². The van der Waals surface area contributed by atoms with Crippen molar-refractivity contribution in [3.05, 3.63) is 41.2 Å². The highest BCUT2D eigenvalue weighted by Gasteiger charge is 2.26. The molecule has 3 rings (SSSR count). The summed E-state index contributed by atoms with van der Waals surface area (Å²) in [5.74, 6) is 1.06. The summed E-state index contributed by atoms with van der Waals surface area (Å²) in [6.45, 7) is 6.54. The third-order valence-electron chi connectivity index (χ3n) is 4.17. The van der Waals surface area contributed by atoms with Crippen LogP contribution >= 0.6 is 0 Å². The molecule has 1 amide bonds. The lowest BCUT2D eigenvalue weighted by Gasteiger charge is -2.30. The molecule has 0 N–H and O–H groups in total. The first-order valence-electron chi connectivity index (χ1n) is 8.72. The molecule has 1 aliphatic heterocycles. The summed E-state index contributed by atoms with van der Waals surface area (Å²) < 4.78 is 10.7. The van der Waals surface area contributed by atoms with Gasteiger partial charge in [-0.25, -0.2) is 14.8 Å². The van der Waals surface area contributed by atoms with Crippen LogP contribution < -0.4 is 4.74 Å². The third-order valence-corrected chi connectivity index (χ3v) is 4.17. The minimum absolute atomic E-state index is 0.325. The molecule has 7 nitrogen and oxygen atoms in total. The fourth-order valence-corrected chi connectivity index (χ4v) is 2.86. The van der Waals surface area contributed by atoms with Gasteiger partial charge >= 0.3 is 6.09 Å². The first kappa shape index (κ1) is 18.6. The Morgan fingerprint density at radius 1 is 1.33 bits per heavy atom. The van der Waals surface area contributed by atoms with E-state index in [0.717, 1.165) is 16.8 Å². The number of rotatable bonds is 2. The predicted molar refractivity (Wildman–Crippen MR) is 99.1 cm³/mol. The number of hydrogen-bond acceptors (Lipinski definition) is 6. The monoisotopic (exact) mass is 366 g/mol. The molecule has 7 heteroatoms. The van der Waals surface area contributed by atoms with Crippen LogP contribution in [0.15, 0.2) is 24.4 Å². The van der Waals surface area contributed by atoms with Gasteiger partial charge in [0, 0.05) is 30.3 Å². The van der Waals surface area contributed by atoms with Crippen molar-refractivity contribution in [1.82, 2.24) is 14.9 Å². The molecule has 0 spiro atoms. The fraction of sp³-hybridized carbons (Fsp3) is 0.400. The molecule has 140 valence electrons. The lowest BCUT2D eigenvalue weighted by atomic mass is 10.1. The molecule has 0 fully saturated rings. The Morgan fingerprint density at radius 3 is 2.78 bits per heavy atom. The molecule has 0 atom stereocenters. The Morgan fingerprint density at radius 2 is 2.11 bits per heavy atom. The first-order chi connectivity index (χ1) is 12.8. The first-order valence-corrected chi connectivity index (χ1v) is 8.72. The average Bonchev–Trinajstić information content (AvgIpc) is 2.65. The quantitative estimate of drug-likeness (QED) is 0.810. The topological polar surface area (TPSA) is 88.3 Å². The van der Waals surface area contributed by atoms with Gasteiger partial charge < -0.3 is 14.4 Å². The smallest absolute Gasteiger partial charge is 0.410 e. The standard InChI is InChI=1S/C20H22N4O3/c1-20(2,3)27-19(25)24-8-7-16-15(12-24)11-22-18(23-16)13-5-6-14(10-21)17(9-13)26-4/h5-6,9,11H,7-8,12H2,1-4H3. The van der Waals surface area contributed by atoms with Crippen LogP contribution in [0.3, 0.4) is 0 Å². The van der Waals surface area contributed by atoms with Crippen LogP contribution in [0.5, 0.6) is 5.75 Å². The minimum Gasteiger partial charge on any atom is -0.495 e. The lowest BCUT2D eigenvalue weighted by Crippen LogP contribution is -2.40. The largest absolute Gasteiger partial charge is 0.495 e. The van der Waals surface area contributed by atoms with Crippen LogP contribution in [0.2, 0.25) is 0 Å². The third kappa shape index (κ3) is 4.17.